The topological polar surface area (TPSA) is 178 Å². The van der Waals surface area contributed by atoms with Crippen LogP contribution in [0.15, 0.2) is 52.2 Å². The van der Waals surface area contributed by atoms with E-state index in [9.17, 15) is 33.6 Å². The number of aromatic nitrogens is 2. The summed E-state index contributed by atoms with van der Waals surface area (Å²) in [5.74, 6) is -0.676. The number of H-pyrrole nitrogens is 1. The van der Waals surface area contributed by atoms with Crippen LogP contribution in [0.4, 0.5) is 4.39 Å². The highest BCUT2D eigenvalue weighted by Gasteiger charge is 2.35. The Morgan fingerprint density at radius 1 is 1.19 bits per heavy atom. The maximum atomic E-state index is 14.8. The Morgan fingerprint density at radius 2 is 1.86 bits per heavy atom. The van der Waals surface area contributed by atoms with Gasteiger partial charge in [0.05, 0.1) is 12.7 Å². The van der Waals surface area contributed by atoms with Crippen molar-refractivity contribution < 1.29 is 42.5 Å². The molecule has 0 aliphatic carbocycles. The minimum Gasteiger partial charge on any atom is -0.462 e. The third-order valence-corrected chi connectivity index (χ3v) is 5.97. The standard InChI is InChI=1S/C21H29FN3O10P/c1-13(2)33-20(29)14(3)24-36(31,35-15-7-5-4-6-8-15)32-12-17(22)34-19(16(27)11-26)25-10-9-18(28)23-21(25)30/h4-10,13-14,16-17,19,26-27H,11-12H2,1-3H3,(H,24,31)(H,23,28,30). The summed E-state index contributed by atoms with van der Waals surface area (Å²) in [7, 11) is -4.41. The van der Waals surface area contributed by atoms with Crippen molar-refractivity contribution in [1.82, 2.24) is 14.6 Å². The number of carbonyl (C=O) groups is 1. The number of nitrogens with one attached hydrogen (secondary N) is 2. The van der Waals surface area contributed by atoms with Gasteiger partial charge >= 0.3 is 19.4 Å². The van der Waals surface area contributed by atoms with Crippen LogP contribution in [0, 0.1) is 0 Å². The lowest BCUT2D eigenvalue weighted by molar-refractivity contribution is -0.179. The summed E-state index contributed by atoms with van der Waals surface area (Å²) < 4.78 is 49.3. The maximum Gasteiger partial charge on any atom is 0.459 e. The Hall–Kier alpha value is -2.87. The van der Waals surface area contributed by atoms with Crippen molar-refractivity contribution in [2.75, 3.05) is 13.2 Å². The molecule has 0 fully saturated rings. The summed E-state index contributed by atoms with van der Waals surface area (Å²) in [6.07, 6.45) is -5.48. The van der Waals surface area contributed by atoms with Crippen molar-refractivity contribution in [3.05, 3.63) is 63.4 Å². The summed E-state index contributed by atoms with van der Waals surface area (Å²) in [6.45, 7) is 2.62. The lowest BCUT2D eigenvalue weighted by Gasteiger charge is -2.27. The summed E-state index contributed by atoms with van der Waals surface area (Å²) >= 11 is 0. The van der Waals surface area contributed by atoms with Crippen LogP contribution >= 0.6 is 7.75 Å². The van der Waals surface area contributed by atoms with Crippen molar-refractivity contribution in [1.29, 1.82) is 0 Å². The number of hydrogen-bond acceptors (Lipinski definition) is 10. The minimum absolute atomic E-state index is 0.0856. The van der Waals surface area contributed by atoms with Crippen molar-refractivity contribution >= 4 is 13.7 Å². The molecule has 4 N–H and O–H groups in total. The maximum absolute atomic E-state index is 14.8. The number of esters is 1. The van der Waals surface area contributed by atoms with Gasteiger partial charge in [-0.1, -0.05) is 18.2 Å². The molecule has 1 aromatic carbocycles. The van der Waals surface area contributed by atoms with Gasteiger partial charge in [-0.3, -0.25) is 23.7 Å². The summed E-state index contributed by atoms with van der Waals surface area (Å²) in [5.41, 5.74) is -1.78. The largest absolute Gasteiger partial charge is 0.462 e. The molecule has 5 atom stereocenters. The number of halogens is 1. The van der Waals surface area contributed by atoms with Crippen LogP contribution in [0.1, 0.15) is 27.0 Å². The average Bonchev–Trinajstić information content (AvgIpc) is 2.81. The zero-order valence-electron chi connectivity index (χ0n) is 19.8. The van der Waals surface area contributed by atoms with E-state index in [2.05, 4.69) is 5.09 Å². The Kier molecular flexibility index (Phi) is 11.0. The lowest BCUT2D eigenvalue weighted by atomic mass is 10.3. The molecule has 36 heavy (non-hydrogen) atoms. The molecule has 1 aromatic heterocycles. The molecule has 2 aromatic rings. The molecule has 2 rings (SSSR count). The van der Waals surface area contributed by atoms with Crippen LogP contribution in [0.5, 0.6) is 5.75 Å². The lowest BCUT2D eigenvalue weighted by Crippen LogP contribution is -2.41. The van der Waals surface area contributed by atoms with Crippen LogP contribution in [0.25, 0.3) is 0 Å². The number of aliphatic hydroxyl groups excluding tert-OH is 2. The third kappa shape index (κ3) is 8.97. The molecule has 0 amide bonds. The van der Waals surface area contributed by atoms with Gasteiger partial charge in [0.1, 0.15) is 24.5 Å². The van der Waals surface area contributed by atoms with Crippen molar-refractivity contribution in [2.24, 2.45) is 0 Å². The zero-order chi connectivity index (χ0) is 26.9. The predicted octanol–water partition coefficient (Wildman–Crippen LogP) is 0.834. The second-order valence-corrected chi connectivity index (χ2v) is 9.43. The van der Waals surface area contributed by atoms with E-state index < -0.39 is 69.0 Å². The highest BCUT2D eigenvalue weighted by molar-refractivity contribution is 7.52. The molecule has 200 valence electrons. The molecule has 0 aliphatic rings. The van der Waals surface area contributed by atoms with Crippen LogP contribution in [-0.2, 0) is 23.4 Å². The molecule has 0 saturated carbocycles. The molecule has 0 radical (unpaired) electrons. The van der Waals surface area contributed by atoms with Crippen LogP contribution in [0.2, 0.25) is 0 Å². The second kappa shape index (κ2) is 13.4. The van der Waals surface area contributed by atoms with Crippen LogP contribution in [0.3, 0.4) is 0 Å². The predicted molar refractivity (Wildman–Crippen MR) is 124 cm³/mol. The highest BCUT2D eigenvalue weighted by Crippen LogP contribution is 2.45. The molecule has 5 unspecified atom stereocenters. The monoisotopic (exact) mass is 533 g/mol. The first kappa shape index (κ1) is 29.4. The Balaban J connectivity index is 2.18. The van der Waals surface area contributed by atoms with Crippen molar-refractivity contribution in [3.8, 4) is 5.75 Å². The number of para-hydroxylation sites is 1. The average molecular weight is 533 g/mol. The van der Waals surface area contributed by atoms with E-state index >= 15 is 0 Å². The van der Waals surface area contributed by atoms with Gasteiger partial charge in [0, 0.05) is 12.3 Å². The molecule has 1 heterocycles. The summed E-state index contributed by atoms with van der Waals surface area (Å²) in [4.78, 5) is 37.4. The first-order valence-corrected chi connectivity index (χ1v) is 12.4. The summed E-state index contributed by atoms with van der Waals surface area (Å²) in [6, 6.07) is 7.49. The van der Waals surface area contributed by atoms with Gasteiger partial charge in [-0.05, 0) is 32.9 Å². The van der Waals surface area contributed by atoms with Gasteiger partial charge in [-0.2, -0.15) is 5.09 Å². The molecule has 0 aliphatic heterocycles. The number of aliphatic hydroxyl groups is 2. The fourth-order valence-electron chi connectivity index (χ4n) is 2.74. The number of rotatable bonds is 14. The minimum atomic E-state index is -4.41. The zero-order valence-corrected chi connectivity index (χ0v) is 20.7. The van der Waals surface area contributed by atoms with Gasteiger partial charge in [-0.15, -0.1) is 0 Å². The van der Waals surface area contributed by atoms with E-state index in [1.54, 1.807) is 32.0 Å². The van der Waals surface area contributed by atoms with Gasteiger partial charge in [0.25, 0.3) is 5.56 Å². The number of alkyl halides is 1. The van der Waals surface area contributed by atoms with E-state index in [1.807, 2.05) is 4.98 Å². The van der Waals surface area contributed by atoms with Crippen molar-refractivity contribution in [2.45, 2.75) is 51.6 Å². The van der Waals surface area contributed by atoms with E-state index in [1.165, 1.54) is 19.1 Å². The quantitative estimate of drug-likeness (QED) is 0.200. The fraction of sp³-hybridized carbons (Fsp3) is 0.476. The van der Waals surface area contributed by atoms with E-state index in [0.29, 0.717) is 4.57 Å². The first-order chi connectivity index (χ1) is 16.9. The number of benzene rings is 1. The molecule has 13 nitrogen and oxygen atoms in total. The Bertz CT molecular complexity index is 1140. The second-order valence-electron chi connectivity index (χ2n) is 7.74. The van der Waals surface area contributed by atoms with Crippen LogP contribution in [-0.4, -0.2) is 63.6 Å². The van der Waals surface area contributed by atoms with Gasteiger partial charge in [0.2, 0.25) is 6.36 Å². The van der Waals surface area contributed by atoms with E-state index in [-0.39, 0.29) is 5.75 Å². The van der Waals surface area contributed by atoms with Crippen LogP contribution < -0.4 is 20.9 Å². The van der Waals surface area contributed by atoms with Crippen molar-refractivity contribution in [3.63, 3.8) is 0 Å². The Labute approximate surface area is 205 Å². The molecule has 15 heteroatoms. The normalized spacial score (nSPS) is 16.5. The molecular formula is C21H29FN3O10P. The van der Waals surface area contributed by atoms with Gasteiger partial charge in [-0.25, -0.2) is 13.8 Å². The van der Waals surface area contributed by atoms with Gasteiger partial charge < -0.3 is 24.2 Å². The highest BCUT2D eigenvalue weighted by atomic mass is 31.2. The number of aromatic amines is 1. The molecule has 0 bridgehead atoms. The van der Waals surface area contributed by atoms with Gasteiger partial charge in [0.15, 0.2) is 6.23 Å². The number of nitrogens with zero attached hydrogens (tertiary/aromatic N) is 1. The molecular weight excluding hydrogens is 504 g/mol. The molecule has 0 spiro atoms. The first-order valence-electron chi connectivity index (χ1n) is 10.8. The smallest absolute Gasteiger partial charge is 0.459 e. The number of ether oxygens (including phenoxy) is 2. The summed E-state index contributed by atoms with van der Waals surface area (Å²) in [5, 5.41) is 21.7. The van der Waals surface area contributed by atoms with E-state index in [0.717, 1.165) is 12.3 Å². The number of carbonyl (C=O) groups excluding carboxylic acids is 1. The SMILES string of the molecule is CC(C)OC(=O)C(C)NP(=O)(OCC(F)OC(C(O)CO)n1ccc(=O)[nH]c1=O)Oc1ccccc1. The molecule has 0 saturated heterocycles. The van der Waals surface area contributed by atoms with E-state index in [4.69, 9.17) is 18.5 Å². The number of hydrogen-bond donors (Lipinski definition) is 4. The fourth-order valence-corrected chi connectivity index (χ4v) is 4.21. The Morgan fingerprint density at radius 3 is 2.44 bits per heavy atom. The third-order valence-electron chi connectivity index (χ3n) is 4.33.